The van der Waals surface area contributed by atoms with Gasteiger partial charge >= 0.3 is 235 Å². The normalized spacial score (nSPS) is 14.9. The van der Waals surface area contributed by atoms with Gasteiger partial charge in [-0.05, 0) is 0 Å². The number of fused-ring (bicyclic) bond motifs is 4. The monoisotopic (exact) mass is 652 g/mol. The van der Waals surface area contributed by atoms with E-state index in [9.17, 15) is 0 Å². The SMILES string of the molecule is CC1=C(C)[CH]([Zr]([CH]2c3ccccc3-c3ccccc32)=[Si](c2ccccc2)c2ccccc2)c2ccccc21.Cl.Cl. The number of halogens is 2. The predicted octanol–water partition coefficient (Wildman–Crippen LogP) is 8.57. The van der Waals surface area contributed by atoms with Crippen LogP contribution in [0.3, 0.4) is 0 Å². The summed E-state index contributed by atoms with van der Waals surface area (Å²) in [5, 5.41) is 3.16. The van der Waals surface area contributed by atoms with E-state index in [0.717, 1.165) is 0 Å². The van der Waals surface area contributed by atoms with Gasteiger partial charge in [0.1, 0.15) is 0 Å². The number of hydrogen-bond acceptors (Lipinski definition) is 0. The summed E-state index contributed by atoms with van der Waals surface area (Å²) in [6, 6.07) is 51.0. The molecule has 0 nitrogen and oxygen atoms in total. The molecule has 2 aliphatic carbocycles. The zero-order valence-corrected chi connectivity index (χ0v) is 27.8. The van der Waals surface area contributed by atoms with Gasteiger partial charge in [-0.2, -0.15) is 0 Å². The van der Waals surface area contributed by atoms with Gasteiger partial charge in [0.15, 0.2) is 0 Å². The van der Waals surface area contributed by atoms with Crippen LogP contribution in [0.5, 0.6) is 0 Å². The van der Waals surface area contributed by atoms with E-state index in [-0.39, 0.29) is 24.8 Å². The zero-order chi connectivity index (χ0) is 25.6. The molecule has 5 aromatic rings. The summed E-state index contributed by atoms with van der Waals surface area (Å²) in [6.45, 7) is 4.81. The third kappa shape index (κ3) is 4.74. The molecule has 0 saturated heterocycles. The standard InChI is InChI=1S/C13H9.C12H10Si.C11H11.2ClH.Zr/c1-3-7-12-10(5-1)9-11-6-2-4-8-13(11)12;1-3-7-11(8-4-1)13-12-9-5-2-6-10-12;1-8-7-10-5-3-4-6-11(10)9(8)2;;;/h1-9H;1-10H;3-7H,1-2H3;2*1H;. The molecule has 0 N–H and O–H groups in total. The van der Waals surface area contributed by atoms with Gasteiger partial charge in [0, 0.05) is 0 Å². The summed E-state index contributed by atoms with van der Waals surface area (Å²) < 4.78 is 1.09. The molecule has 0 aliphatic heterocycles. The van der Waals surface area contributed by atoms with Crippen LogP contribution < -0.4 is 10.4 Å². The van der Waals surface area contributed by atoms with Gasteiger partial charge in [0.05, 0.1) is 0 Å². The van der Waals surface area contributed by atoms with Crippen molar-refractivity contribution >= 4 is 46.2 Å². The van der Waals surface area contributed by atoms with Gasteiger partial charge in [0.25, 0.3) is 0 Å². The Labute approximate surface area is 258 Å². The Morgan fingerprint density at radius 1 is 0.450 bits per heavy atom. The number of rotatable bonds is 4. The van der Waals surface area contributed by atoms with Gasteiger partial charge < -0.3 is 0 Å². The molecule has 1 atom stereocenters. The van der Waals surface area contributed by atoms with Gasteiger partial charge in [-0.3, -0.25) is 0 Å². The molecular weight excluding hydrogens is 623 g/mol. The summed E-state index contributed by atoms with van der Waals surface area (Å²) in [7, 11) is 0. The van der Waals surface area contributed by atoms with Crippen molar-refractivity contribution in [3.63, 3.8) is 0 Å². The first-order chi connectivity index (χ1) is 18.7. The van der Waals surface area contributed by atoms with E-state index < -0.39 is 25.8 Å². The predicted molar refractivity (Wildman–Crippen MR) is 174 cm³/mol. The van der Waals surface area contributed by atoms with Crippen molar-refractivity contribution in [2.24, 2.45) is 0 Å². The third-order valence-electron chi connectivity index (χ3n) is 8.57. The number of allylic oxidation sites excluding steroid dienone is 2. The zero-order valence-electron chi connectivity index (χ0n) is 22.7. The van der Waals surface area contributed by atoms with Gasteiger partial charge in [0.2, 0.25) is 0 Å². The molecule has 7 rings (SSSR count). The third-order valence-corrected chi connectivity index (χ3v) is 29.3. The molecule has 0 amide bonds. The molecule has 4 heteroatoms. The van der Waals surface area contributed by atoms with E-state index in [0.29, 0.717) is 7.25 Å². The Morgan fingerprint density at radius 3 is 1.30 bits per heavy atom. The fourth-order valence-electron chi connectivity index (χ4n) is 6.81. The first kappa shape index (κ1) is 29.0. The maximum Gasteiger partial charge on any atom is -0.147 e. The fraction of sp³-hybridized carbons (Fsp3) is 0.111. The Bertz CT molecular complexity index is 1650. The largest absolute Gasteiger partial charge is 0.147 e. The molecule has 198 valence electrons. The van der Waals surface area contributed by atoms with Crippen LogP contribution in [0, 0.1) is 0 Å². The van der Waals surface area contributed by atoms with Crippen LogP contribution in [0.2, 0.25) is 0 Å². The minimum atomic E-state index is -2.54. The van der Waals surface area contributed by atoms with E-state index in [4.69, 9.17) is 0 Å². The molecule has 0 bridgehead atoms. The first-order valence-corrected chi connectivity index (χ1v) is 21.6. The summed E-state index contributed by atoms with van der Waals surface area (Å²) in [6.07, 6.45) is 0. The maximum atomic E-state index is 2.45. The van der Waals surface area contributed by atoms with E-state index in [2.05, 4.69) is 147 Å². The molecule has 0 saturated carbocycles. The van der Waals surface area contributed by atoms with Crippen LogP contribution in [0.15, 0.2) is 139 Å². The van der Waals surface area contributed by atoms with E-state index >= 15 is 0 Å². The smallest absolute Gasteiger partial charge is 0.147 e. The molecule has 0 radical (unpaired) electrons. The van der Waals surface area contributed by atoms with Crippen LogP contribution in [0.1, 0.15) is 43.4 Å². The van der Waals surface area contributed by atoms with Crippen LogP contribution in [-0.4, -0.2) is 5.43 Å². The van der Waals surface area contributed by atoms with Crippen LogP contribution in [0.25, 0.3) is 16.7 Å². The van der Waals surface area contributed by atoms with E-state index in [1.54, 1.807) is 32.6 Å². The molecule has 1 unspecified atom stereocenters. The Hall–Kier alpha value is -2.48. The van der Waals surface area contributed by atoms with Crippen molar-refractivity contribution in [3.05, 3.63) is 161 Å². The number of benzene rings is 5. The summed E-state index contributed by atoms with van der Waals surface area (Å²) in [4.78, 5) is 0. The quantitative estimate of drug-likeness (QED) is 0.170. The first-order valence-electron chi connectivity index (χ1n) is 13.5. The number of hydrogen-bond donors (Lipinski definition) is 0. The molecular formula is C36H32Cl2SiZr. The summed E-state index contributed by atoms with van der Waals surface area (Å²) in [5.74, 6) is 0. The minimum absolute atomic E-state index is 0. The molecule has 5 aromatic carbocycles. The second-order valence-electron chi connectivity index (χ2n) is 10.5. The Morgan fingerprint density at radius 2 is 0.825 bits per heavy atom. The second-order valence-corrected chi connectivity index (χ2v) is 24.6. The average Bonchev–Trinajstić information content (AvgIpc) is 3.44. The molecule has 0 fully saturated rings. The Kier molecular flexibility index (Phi) is 8.83. The van der Waals surface area contributed by atoms with E-state index in [1.807, 2.05) is 0 Å². The summed E-state index contributed by atoms with van der Waals surface area (Å²) >= 11 is -2.54. The molecule has 0 spiro atoms. The van der Waals surface area contributed by atoms with Crippen molar-refractivity contribution in [1.82, 2.24) is 0 Å². The van der Waals surface area contributed by atoms with Gasteiger partial charge in [-0.15, -0.1) is 24.8 Å². The van der Waals surface area contributed by atoms with Crippen LogP contribution in [0.4, 0.5) is 0 Å². The minimum Gasteiger partial charge on any atom is -0.147 e. The molecule has 0 aromatic heterocycles. The van der Waals surface area contributed by atoms with Crippen molar-refractivity contribution in [1.29, 1.82) is 0 Å². The van der Waals surface area contributed by atoms with Gasteiger partial charge in [-0.1, -0.05) is 0 Å². The van der Waals surface area contributed by atoms with Crippen molar-refractivity contribution in [2.45, 2.75) is 21.1 Å². The van der Waals surface area contributed by atoms with Crippen molar-refractivity contribution < 1.29 is 20.4 Å². The maximum absolute atomic E-state index is 2.54. The fourth-order valence-corrected chi connectivity index (χ4v) is 31.9. The topological polar surface area (TPSA) is 0 Å². The van der Waals surface area contributed by atoms with Crippen molar-refractivity contribution in [3.8, 4) is 11.1 Å². The van der Waals surface area contributed by atoms with Crippen LogP contribution >= 0.6 is 24.8 Å². The summed E-state index contributed by atoms with van der Waals surface area (Å²) in [5.41, 5.74) is 11.2. The Balaban J connectivity index is 0.00000161. The van der Waals surface area contributed by atoms with Crippen LogP contribution in [-0.2, 0) is 20.4 Å². The second kappa shape index (κ2) is 12.2. The van der Waals surface area contributed by atoms with Gasteiger partial charge in [-0.25, -0.2) is 0 Å². The average molecular weight is 655 g/mol. The molecule has 40 heavy (non-hydrogen) atoms. The molecule has 2 aliphatic rings. The van der Waals surface area contributed by atoms with E-state index in [1.165, 1.54) is 22.3 Å². The van der Waals surface area contributed by atoms with Crippen molar-refractivity contribution in [2.75, 3.05) is 0 Å². The molecule has 0 heterocycles.